The maximum absolute atomic E-state index is 10.5. The van der Waals surface area contributed by atoms with E-state index < -0.39 is 0 Å². The highest BCUT2D eigenvalue weighted by Crippen LogP contribution is 2.67. The third-order valence-electron chi connectivity index (χ3n) is 10.4. The Balaban J connectivity index is 1.55. The predicted molar refractivity (Wildman–Crippen MR) is 124 cm³/mol. The third-order valence-corrected chi connectivity index (χ3v) is 10.4. The molecule has 0 heterocycles. The smallest absolute Gasteiger partial charge is 0.0568 e. The van der Waals surface area contributed by atoms with E-state index >= 15 is 0 Å². The first kappa shape index (κ1) is 21.7. The molecule has 1 heteroatoms. The summed E-state index contributed by atoms with van der Waals surface area (Å²) in [5.41, 5.74) is 2.79. The largest absolute Gasteiger partial charge is 0.393 e. The molecule has 3 fully saturated rings. The lowest BCUT2D eigenvalue weighted by Crippen LogP contribution is -2.52. The van der Waals surface area contributed by atoms with Crippen LogP contribution in [0.25, 0.3) is 0 Å². The Morgan fingerprint density at radius 3 is 2.45 bits per heavy atom. The lowest BCUT2D eigenvalue weighted by Gasteiger charge is -2.59. The van der Waals surface area contributed by atoms with Gasteiger partial charge >= 0.3 is 0 Å². The normalized spacial score (nSPS) is 48.2. The van der Waals surface area contributed by atoms with Crippen LogP contribution in [0.4, 0.5) is 0 Å². The van der Waals surface area contributed by atoms with Crippen molar-refractivity contribution in [2.45, 2.75) is 99.0 Å². The van der Waals surface area contributed by atoms with Gasteiger partial charge in [0.15, 0.2) is 0 Å². The van der Waals surface area contributed by atoms with Crippen molar-refractivity contribution < 1.29 is 5.11 Å². The van der Waals surface area contributed by atoms with Gasteiger partial charge in [0.25, 0.3) is 0 Å². The van der Waals surface area contributed by atoms with Crippen molar-refractivity contribution in [2.75, 3.05) is 0 Å². The standard InChI is InChI=1S/C28H46O/c1-18(2)8-7-9-19(3)22-12-13-24-21-10-11-23-20(4)26(29)15-17-28(23,6)25(21)14-16-27(22,24)5/h7-8,10,18-20,22-26,29H,9,11-17H2,1-6H3/t19-,20?,22-,23+,24+,25+,26+,27-,28+/m1/s1. The number of allylic oxidation sites excluding steroid dienone is 4. The molecular formula is C28H46O. The van der Waals surface area contributed by atoms with Crippen LogP contribution in [0, 0.1) is 52.3 Å². The van der Waals surface area contributed by atoms with Crippen molar-refractivity contribution in [3.8, 4) is 0 Å². The van der Waals surface area contributed by atoms with Gasteiger partial charge in [-0.25, -0.2) is 0 Å². The van der Waals surface area contributed by atoms with E-state index in [-0.39, 0.29) is 6.10 Å². The molecule has 0 aromatic rings. The Labute approximate surface area is 180 Å². The molecule has 0 spiro atoms. The Morgan fingerprint density at radius 2 is 1.72 bits per heavy atom. The lowest BCUT2D eigenvalue weighted by molar-refractivity contribution is -0.0772. The van der Waals surface area contributed by atoms with Crippen molar-refractivity contribution in [3.63, 3.8) is 0 Å². The number of hydrogen-bond donors (Lipinski definition) is 1. The van der Waals surface area contributed by atoms with Crippen molar-refractivity contribution in [1.29, 1.82) is 0 Å². The van der Waals surface area contributed by atoms with Crippen LogP contribution in [-0.4, -0.2) is 11.2 Å². The summed E-state index contributed by atoms with van der Waals surface area (Å²) in [6, 6.07) is 0. The molecule has 1 N–H and O–H groups in total. The monoisotopic (exact) mass is 398 g/mol. The van der Waals surface area contributed by atoms with Gasteiger partial charge in [0, 0.05) is 0 Å². The maximum Gasteiger partial charge on any atom is 0.0568 e. The molecule has 9 atom stereocenters. The first-order valence-corrected chi connectivity index (χ1v) is 12.7. The Morgan fingerprint density at radius 1 is 1.03 bits per heavy atom. The zero-order chi connectivity index (χ0) is 21.0. The summed E-state index contributed by atoms with van der Waals surface area (Å²) in [5, 5.41) is 10.5. The summed E-state index contributed by atoms with van der Waals surface area (Å²) in [7, 11) is 0. The van der Waals surface area contributed by atoms with Gasteiger partial charge in [0.2, 0.25) is 0 Å². The molecule has 4 rings (SSSR count). The zero-order valence-corrected chi connectivity index (χ0v) is 20.0. The van der Waals surface area contributed by atoms with Crippen molar-refractivity contribution in [2.24, 2.45) is 52.3 Å². The quantitative estimate of drug-likeness (QED) is 0.489. The van der Waals surface area contributed by atoms with E-state index in [9.17, 15) is 5.11 Å². The first-order valence-electron chi connectivity index (χ1n) is 12.7. The van der Waals surface area contributed by atoms with Crippen molar-refractivity contribution >= 4 is 0 Å². The van der Waals surface area contributed by atoms with Crippen LogP contribution < -0.4 is 0 Å². The number of rotatable bonds is 4. The van der Waals surface area contributed by atoms with Gasteiger partial charge in [-0.15, -0.1) is 0 Å². The van der Waals surface area contributed by atoms with Crippen LogP contribution in [0.2, 0.25) is 0 Å². The summed E-state index contributed by atoms with van der Waals surface area (Å²) in [6.07, 6.45) is 17.8. The molecule has 0 amide bonds. The van der Waals surface area contributed by atoms with E-state index in [0.29, 0.717) is 28.6 Å². The second-order valence-electron chi connectivity index (χ2n) is 12.2. The van der Waals surface area contributed by atoms with Crippen molar-refractivity contribution in [3.05, 3.63) is 23.8 Å². The summed E-state index contributed by atoms with van der Waals surface area (Å²) >= 11 is 0. The van der Waals surface area contributed by atoms with Crippen molar-refractivity contribution in [1.82, 2.24) is 0 Å². The Kier molecular flexibility index (Phi) is 5.86. The molecule has 4 aliphatic carbocycles. The molecule has 1 unspecified atom stereocenters. The van der Waals surface area contributed by atoms with E-state index in [1.807, 2.05) is 5.57 Å². The molecule has 4 aliphatic rings. The zero-order valence-electron chi connectivity index (χ0n) is 20.0. The summed E-state index contributed by atoms with van der Waals surface area (Å²) in [6.45, 7) is 14.6. The fourth-order valence-electron chi connectivity index (χ4n) is 8.65. The van der Waals surface area contributed by atoms with Crippen LogP contribution in [0.15, 0.2) is 23.8 Å². The van der Waals surface area contributed by atoms with Gasteiger partial charge in [-0.1, -0.05) is 65.3 Å². The van der Waals surface area contributed by atoms with E-state index in [1.165, 1.54) is 44.9 Å². The Bertz CT molecular complexity index is 659. The van der Waals surface area contributed by atoms with Crippen LogP contribution in [0.3, 0.4) is 0 Å². The predicted octanol–water partition coefficient (Wildman–Crippen LogP) is 7.41. The lowest BCUT2D eigenvalue weighted by atomic mass is 9.46. The number of hydrogen-bond acceptors (Lipinski definition) is 1. The summed E-state index contributed by atoms with van der Waals surface area (Å²) < 4.78 is 0. The SMILES string of the molecule is CC(C)C=CC[C@@H](C)[C@H]1CC[C@H]2C3=CC[C@H]4C(C)[C@@H](O)CC[C@]4(C)[C@H]3CC[C@]12C. The number of aliphatic hydroxyl groups is 1. The number of fused-ring (bicyclic) bond motifs is 5. The van der Waals surface area contributed by atoms with Crippen LogP contribution >= 0.6 is 0 Å². The average molecular weight is 399 g/mol. The number of aliphatic hydroxyl groups excluding tert-OH is 1. The molecule has 3 saturated carbocycles. The highest BCUT2D eigenvalue weighted by molar-refractivity contribution is 5.28. The second kappa shape index (κ2) is 7.85. The van der Waals surface area contributed by atoms with E-state index in [2.05, 4.69) is 59.8 Å². The molecule has 0 saturated heterocycles. The average Bonchev–Trinajstić information content (AvgIpc) is 3.02. The second-order valence-corrected chi connectivity index (χ2v) is 12.2. The maximum atomic E-state index is 10.5. The molecule has 0 aliphatic heterocycles. The summed E-state index contributed by atoms with van der Waals surface area (Å²) in [4.78, 5) is 0. The molecule has 0 aromatic carbocycles. The molecule has 29 heavy (non-hydrogen) atoms. The minimum absolute atomic E-state index is 0.0764. The highest BCUT2D eigenvalue weighted by atomic mass is 16.3. The highest BCUT2D eigenvalue weighted by Gasteiger charge is 2.59. The molecule has 1 nitrogen and oxygen atoms in total. The third kappa shape index (κ3) is 3.48. The Hall–Kier alpha value is -0.560. The molecule has 0 radical (unpaired) electrons. The van der Waals surface area contributed by atoms with Gasteiger partial charge in [0.05, 0.1) is 6.10 Å². The van der Waals surface area contributed by atoms with Crippen LogP contribution in [-0.2, 0) is 0 Å². The van der Waals surface area contributed by atoms with Gasteiger partial charge in [-0.2, -0.15) is 0 Å². The van der Waals surface area contributed by atoms with Gasteiger partial charge in [0.1, 0.15) is 0 Å². The first-order chi connectivity index (χ1) is 13.7. The van der Waals surface area contributed by atoms with Crippen LogP contribution in [0.1, 0.15) is 92.9 Å². The van der Waals surface area contributed by atoms with E-state index in [1.54, 1.807) is 0 Å². The summed E-state index contributed by atoms with van der Waals surface area (Å²) in [5.74, 6) is 5.09. The fraction of sp³-hybridized carbons (Fsp3) is 0.857. The molecule has 164 valence electrons. The van der Waals surface area contributed by atoms with Gasteiger partial charge < -0.3 is 5.11 Å². The van der Waals surface area contributed by atoms with Gasteiger partial charge in [-0.05, 0) is 104 Å². The van der Waals surface area contributed by atoms with E-state index in [4.69, 9.17) is 0 Å². The van der Waals surface area contributed by atoms with Gasteiger partial charge in [-0.3, -0.25) is 0 Å². The van der Waals surface area contributed by atoms with E-state index in [0.717, 1.165) is 30.1 Å². The molecule has 0 bridgehead atoms. The minimum atomic E-state index is -0.0764. The topological polar surface area (TPSA) is 20.2 Å². The molecule has 0 aromatic heterocycles. The molecular weight excluding hydrogens is 352 g/mol. The minimum Gasteiger partial charge on any atom is -0.393 e. The van der Waals surface area contributed by atoms with Crippen LogP contribution in [0.5, 0.6) is 0 Å². The fourth-order valence-corrected chi connectivity index (χ4v) is 8.65.